The maximum Gasteiger partial charge on any atom is 0.259 e. The number of carbonyl (C=O) groups excluding carboxylic acids is 1. The molecule has 2 aromatic heterocycles. The van der Waals surface area contributed by atoms with Crippen LogP contribution in [-0.4, -0.2) is 36.2 Å². The van der Waals surface area contributed by atoms with E-state index in [1.54, 1.807) is 13.1 Å². The number of amides is 1. The Kier molecular flexibility index (Phi) is 4.81. The molecule has 2 aromatic rings. The number of hydrogen-bond donors (Lipinski definition) is 1. The van der Waals surface area contributed by atoms with E-state index >= 15 is 0 Å². The van der Waals surface area contributed by atoms with Gasteiger partial charge in [0, 0.05) is 18.7 Å². The second-order valence-corrected chi connectivity index (χ2v) is 6.74. The first-order chi connectivity index (χ1) is 11.8. The van der Waals surface area contributed by atoms with Crippen molar-refractivity contribution in [1.82, 2.24) is 4.98 Å². The molecule has 134 valence electrons. The Labute approximate surface area is 148 Å². The highest BCUT2D eigenvalue weighted by molar-refractivity contribution is 6.06. The van der Waals surface area contributed by atoms with E-state index in [4.69, 9.17) is 9.15 Å². The number of carbonyl (C=O) groups is 1. The van der Waals surface area contributed by atoms with Gasteiger partial charge in [0.25, 0.3) is 5.91 Å². The molecule has 0 bridgehead atoms. The van der Waals surface area contributed by atoms with E-state index in [0.29, 0.717) is 17.0 Å². The number of furan rings is 1. The van der Waals surface area contributed by atoms with Gasteiger partial charge in [0.05, 0.1) is 29.7 Å². The van der Waals surface area contributed by atoms with Crippen LogP contribution >= 0.6 is 0 Å². The molecular weight excluding hydrogens is 318 g/mol. The largest absolute Gasteiger partial charge is 0.466 e. The van der Waals surface area contributed by atoms with Gasteiger partial charge in [-0.05, 0) is 46.8 Å². The lowest BCUT2D eigenvalue weighted by Crippen LogP contribution is -2.45. The minimum Gasteiger partial charge on any atom is -0.466 e. The number of nitrogens with zero attached hydrogens (tertiary/aromatic N) is 2. The normalized spacial score (nSPS) is 20.6. The first-order valence-corrected chi connectivity index (χ1v) is 8.59. The number of rotatable bonds is 3. The van der Waals surface area contributed by atoms with E-state index in [9.17, 15) is 4.79 Å². The van der Waals surface area contributed by atoms with Crippen molar-refractivity contribution < 1.29 is 13.9 Å². The SMILES string of the molecule is Cc1oc(C)c(C(=O)Nc2ccc(N3C[C@H](C)O[C@@H](C)C3)nc2)c1C. The third-order valence-corrected chi connectivity index (χ3v) is 4.54. The fraction of sp³-hybridized carbons (Fsp3) is 0.474. The van der Waals surface area contributed by atoms with Crippen molar-refractivity contribution in [2.75, 3.05) is 23.3 Å². The van der Waals surface area contributed by atoms with Gasteiger partial charge in [0.15, 0.2) is 0 Å². The van der Waals surface area contributed by atoms with E-state index in [2.05, 4.69) is 29.0 Å². The molecule has 1 aliphatic heterocycles. The van der Waals surface area contributed by atoms with Crippen molar-refractivity contribution in [3.8, 4) is 0 Å². The van der Waals surface area contributed by atoms with Crippen LogP contribution in [0.25, 0.3) is 0 Å². The zero-order valence-electron chi connectivity index (χ0n) is 15.4. The molecular formula is C19H25N3O3. The number of hydrogen-bond acceptors (Lipinski definition) is 5. The average molecular weight is 343 g/mol. The van der Waals surface area contributed by atoms with Gasteiger partial charge in [-0.25, -0.2) is 4.98 Å². The Morgan fingerprint density at radius 3 is 2.36 bits per heavy atom. The lowest BCUT2D eigenvalue weighted by molar-refractivity contribution is -0.00545. The number of aromatic nitrogens is 1. The highest BCUT2D eigenvalue weighted by Crippen LogP contribution is 2.23. The standard InChI is InChI=1S/C19H25N3O3/c1-11-9-22(10-12(2)24-11)17-7-6-16(8-20-17)21-19(23)18-13(3)14(4)25-15(18)5/h6-8,11-12H,9-10H2,1-5H3,(H,21,23)/t11-,12-/m0/s1. The molecule has 0 unspecified atom stereocenters. The van der Waals surface area contributed by atoms with Crippen LogP contribution in [0.5, 0.6) is 0 Å². The van der Waals surface area contributed by atoms with Crippen molar-refractivity contribution in [3.63, 3.8) is 0 Å². The molecule has 1 amide bonds. The summed E-state index contributed by atoms with van der Waals surface area (Å²) in [5.74, 6) is 2.13. The molecule has 1 saturated heterocycles. The first kappa shape index (κ1) is 17.5. The van der Waals surface area contributed by atoms with Crippen molar-refractivity contribution in [2.45, 2.75) is 46.8 Å². The number of ether oxygens (including phenoxy) is 1. The maximum absolute atomic E-state index is 12.5. The van der Waals surface area contributed by atoms with Crippen LogP contribution in [-0.2, 0) is 4.74 Å². The Morgan fingerprint density at radius 1 is 1.16 bits per heavy atom. The molecule has 0 saturated carbocycles. The van der Waals surface area contributed by atoms with E-state index in [-0.39, 0.29) is 18.1 Å². The van der Waals surface area contributed by atoms with Gasteiger partial charge >= 0.3 is 0 Å². The molecule has 25 heavy (non-hydrogen) atoms. The summed E-state index contributed by atoms with van der Waals surface area (Å²) < 4.78 is 11.3. The van der Waals surface area contributed by atoms with Gasteiger partial charge in [-0.3, -0.25) is 4.79 Å². The van der Waals surface area contributed by atoms with E-state index in [1.807, 2.05) is 26.0 Å². The lowest BCUT2D eigenvalue weighted by Gasteiger charge is -2.36. The fourth-order valence-corrected chi connectivity index (χ4v) is 3.33. The van der Waals surface area contributed by atoms with Crippen LogP contribution < -0.4 is 10.2 Å². The Balaban J connectivity index is 1.71. The average Bonchev–Trinajstić information content (AvgIpc) is 2.79. The lowest BCUT2D eigenvalue weighted by atomic mass is 10.1. The molecule has 6 nitrogen and oxygen atoms in total. The van der Waals surface area contributed by atoms with Crippen LogP contribution in [0.2, 0.25) is 0 Å². The van der Waals surface area contributed by atoms with Gasteiger partial charge < -0.3 is 19.4 Å². The smallest absolute Gasteiger partial charge is 0.259 e. The van der Waals surface area contributed by atoms with Gasteiger partial charge in [0.2, 0.25) is 0 Å². The van der Waals surface area contributed by atoms with Crippen molar-refractivity contribution in [2.24, 2.45) is 0 Å². The Hall–Kier alpha value is -2.34. The predicted octanol–water partition coefficient (Wildman–Crippen LogP) is 3.47. The van der Waals surface area contributed by atoms with E-state index in [1.165, 1.54) is 0 Å². The van der Waals surface area contributed by atoms with Crippen molar-refractivity contribution in [1.29, 1.82) is 0 Å². The van der Waals surface area contributed by atoms with E-state index < -0.39 is 0 Å². The summed E-state index contributed by atoms with van der Waals surface area (Å²) in [6.07, 6.45) is 2.05. The summed E-state index contributed by atoms with van der Waals surface area (Å²) in [6.45, 7) is 11.3. The molecule has 1 fully saturated rings. The van der Waals surface area contributed by atoms with Crippen LogP contribution in [0.3, 0.4) is 0 Å². The van der Waals surface area contributed by atoms with Gasteiger partial charge in [-0.1, -0.05) is 0 Å². The van der Waals surface area contributed by atoms with Crippen molar-refractivity contribution in [3.05, 3.63) is 41.0 Å². The molecule has 0 spiro atoms. The third-order valence-electron chi connectivity index (χ3n) is 4.54. The highest BCUT2D eigenvalue weighted by Gasteiger charge is 2.23. The second kappa shape index (κ2) is 6.88. The summed E-state index contributed by atoms with van der Waals surface area (Å²) in [5.41, 5.74) is 2.13. The minimum absolute atomic E-state index is 0.171. The van der Waals surface area contributed by atoms with Gasteiger partial charge in [-0.2, -0.15) is 0 Å². The first-order valence-electron chi connectivity index (χ1n) is 8.59. The Bertz CT molecular complexity index is 757. The predicted molar refractivity (Wildman–Crippen MR) is 97.3 cm³/mol. The zero-order valence-corrected chi connectivity index (χ0v) is 15.4. The number of nitrogens with one attached hydrogen (secondary N) is 1. The quantitative estimate of drug-likeness (QED) is 0.924. The number of pyridine rings is 1. The van der Waals surface area contributed by atoms with Crippen LogP contribution in [0.1, 0.15) is 41.3 Å². The third kappa shape index (κ3) is 3.69. The molecule has 1 N–H and O–H groups in total. The summed E-state index contributed by atoms with van der Waals surface area (Å²) >= 11 is 0. The molecule has 2 atom stereocenters. The summed E-state index contributed by atoms with van der Waals surface area (Å²) in [7, 11) is 0. The van der Waals surface area contributed by atoms with Crippen LogP contribution in [0.4, 0.5) is 11.5 Å². The Morgan fingerprint density at radius 2 is 1.84 bits per heavy atom. The number of anilines is 2. The number of morpholine rings is 1. The van der Waals surface area contributed by atoms with Gasteiger partial charge in [-0.15, -0.1) is 0 Å². The molecule has 0 aromatic carbocycles. The topological polar surface area (TPSA) is 67.6 Å². The van der Waals surface area contributed by atoms with Crippen LogP contribution in [0.15, 0.2) is 22.7 Å². The maximum atomic E-state index is 12.5. The monoisotopic (exact) mass is 343 g/mol. The van der Waals surface area contributed by atoms with Gasteiger partial charge in [0.1, 0.15) is 17.3 Å². The summed E-state index contributed by atoms with van der Waals surface area (Å²) in [6, 6.07) is 3.81. The van der Waals surface area contributed by atoms with Crippen LogP contribution in [0, 0.1) is 20.8 Å². The fourth-order valence-electron chi connectivity index (χ4n) is 3.33. The van der Waals surface area contributed by atoms with Crippen molar-refractivity contribution >= 4 is 17.4 Å². The molecule has 6 heteroatoms. The summed E-state index contributed by atoms with van der Waals surface area (Å²) in [4.78, 5) is 19.2. The zero-order chi connectivity index (χ0) is 18.1. The summed E-state index contributed by atoms with van der Waals surface area (Å²) in [5, 5.41) is 2.90. The number of aryl methyl sites for hydroxylation is 2. The molecule has 3 rings (SSSR count). The highest BCUT2D eigenvalue weighted by atomic mass is 16.5. The molecule has 1 aliphatic rings. The van der Waals surface area contributed by atoms with E-state index in [0.717, 1.165) is 30.2 Å². The minimum atomic E-state index is -0.171. The molecule has 0 radical (unpaired) electrons. The molecule has 0 aliphatic carbocycles. The second-order valence-electron chi connectivity index (χ2n) is 6.74. The molecule has 3 heterocycles.